The molecular weight excluding hydrogens is 232 g/mol. The number of aromatic nitrogens is 2. The van der Waals surface area contributed by atoms with Gasteiger partial charge in [-0.15, -0.1) is 0 Å². The van der Waals surface area contributed by atoms with E-state index in [1.54, 1.807) is 6.20 Å². The predicted molar refractivity (Wildman–Crippen MR) is 67.2 cm³/mol. The molecule has 96 valence electrons. The van der Waals surface area contributed by atoms with Crippen molar-refractivity contribution in [3.63, 3.8) is 0 Å². The molecule has 2 aromatic rings. The van der Waals surface area contributed by atoms with Crippen LogP contribution in [-0.2, 0) is 0 Å². The summed E-state index contributed by atoms with van der Waals surface area (Å²) in [4.78, 5) is 20.1. The number of hydrogen-bond donors (Lipinski definition) is 2. The van der Waals surface area contributed by atoms with Crippen LogP contribution in [0, 0.1) is 0 Å². The zero-order chi connectivity index (χ0) is 12.7. The lowest BCUT2D eigenvalue weighted by Gasteiger charge is -2.35. The van der Waals surface area contributed by atoms with Gasteiger partial charge in [0.2, 0.25) is 0 Å². The summed E-state index contributed by atoms with van der Waals surface area (Å²) in [7, 11) is 2.06. The van der Waals surface area contributed by atoms with Gasteiger partial charge in [-0.25, -0.2) is 9.78 Å². The predicted octanol–water partition coefficient (Wildman–Crippen LogP) is 0.610. The maximum absolute atomic E-state index is 11.1. The zero-order valence-corrected chi connectivity index (χ0v) is 10.2. The second kappa shape index (κ2) is 4.22. The number of nitrogens with zero attached hydrogens (tertiary/aromatic N) is 2. The summed E-state index contributed by atoms with van der Waals surface area (Å²) in [5.41, 5.74) is 8.02. The van der Waals surface area contributed by atoms with Gasteiger partial charge in [0, 0.05) is 24.8 Å². The number of nitrogens with two attached hydrogens (primary N) is 1. The Balaban J connectivity index is 1.96. The quantitative estimate of drug-likeness (QED) is 0.772. The number of aromatic amines is 1. The maximum atomic E-state index is 11.1. The van der Waals surface area contributed by atoms with Crippen LogP contribution in [0.25, 0.3) is 11.2 Å². The molecule has 3 N–H and O–H groups in total. The molecule has 6 nitrogen and oxygen atoms in total. The smallest absolute Gasteiger partial charge is 0.406 e. The van der Waals surface area contributed by atoms with E-state index in [0.29, 0.717) is 17.3 Å². The molecule has 3 heterocycles. The number of oxazole rings is 1. The second-order valence-electron chi connectivity index (χ2n) is 4.92. The van der Waals surface area contributed by atoms with Crippen molar-refractivity contribution in [1.82, 2.24) is 14.9 Å². The first-order valence-electron chi connectivity index (χ1n) is 6.08. The van der Waals surface area contributed by atoms with Crippen LogP contribution < -0.4 is 11.5 Å². The highest BCUT2D eigenvalue weighted by molar-refractivity contribution is 5.67. The highest BCUT2D eigenvalue weighted by Gasteiger charge is 2.25. The summed E-state index contributed by atoms with van der Waals surface area (Å²) in [6.45, 7) is 0.875. The average Bonchev–Trinajstić information content (AvgIpc) is 2.68. The van der Waals surface area contributed by atoms with Crippen molar-refractivity contribution in [3.8, 4) is 0 Å². The third-order valence-corrected chi connectivity index (χ3v) is 3.55. The van der Waals surface area contributed by atoms with Gasteiger partial charge in [0.25, 0.3) is 0 Å². The molecule has 0 bridgehead atoms. The summed E-state index contributed by atoms with van der Waals surface area (Å²) in [5.74, 6) is -0.464. The zero-order valence-electron chi connectivity index (χ0n) is 10.2. The van der Waals surface area contributed by atoms with Crippen LogP contribution in [0.2, 0.25) is 0 Å². The van der Waals surface area contributed by atoms with Crippen molar-refractivity contribution in [2.45, 2.75) is 24.9 Å². The lowest BCUT2D eigenvalue weighted by Crippen LogP contribution is -2.42. The summed E-state index contributed by atoms with van der Waals surface area (Å²) >= 11 is 0. The first-order chi connectivity index (χ1) is 8.63. The lowest BCUT2D eigenvalue weighted by atomic mass is 9.94. The monoisotopic (exact) mass is 248 g/mol. The van der Waals surface area contributed by atoms with E-state index < -0.39 is 5.76 Å². The number of fused-ring (bicyclic) bond motifs is 1. The van der Waals surface area contributed by atoms with Crippen LogP contribution in [-0.4, -0.2) is 34.5 Å². The summed E-state index contributed by atoms with van der Waals surface area (Å²) in [6.07, 6.45) is 3.80. The molecule has 1 aliphatic heterocycles. The third-order valence-electron chi connectivity index (χ3n) is 3.55. The van der Waals surface area contributed by atoms with Gasteiger partial charge < -0.3 is 10.2 Å². The molecule has 2 atom stereocenters. The first kappa shape index (κ1) is 11.4. The van der Waals surface area contributed by atoms with E-state index in [2.05, 4.69) is 21.9 Å². The number of likely N-dealkylation sites (N-methyl/N-ethyl adjacent to an activating group) is 1. The molecule has 0 aliphatic carbocycles. The molecule has 2 unspecified atom stereocenters. The van der Waals surface area contributed by atoms with E-state index in [1.807, 2.05) is 6.07 Å². The van der Waals surface area contributed by atoms with Crippen LogP contribution >= 0.6 is 0 Å². The Hall–Kier alpha value is -1.66. The van der Waals surface area contributed by atoms with E-state index >= 15 is 0 Å². The van der Waals surface area contributed by atoms with Crippen LogP contribution in [0.4, 0.5) is 0 Å². The number of nitrogens with one attached hydrogen (secondary N) is 1. The molecule has 0 spiro atoms. The van der Waals surface area contributed by atoms with Crippen LogP contribution in [0.1, 0.15) is 24.4 Å². The Morgan fingerprint density at radius 1 is 1.56 bits per heavy atom. The van der Waals surface area contributed by atoms with E-state index in [-0.39, 0.29) is 6.04 Å². The topological polar surface area (TPSA) is 88.1 Å². The fraction of sp³-hybridized carbons (Fsp3) is 0.500. The number of hydrogen-bond acceptors (Lipinski definition) is 5. The van der Waals surface area contributed by atoms with Gasteiger partial charge in [-0.3, -0.25) is 9.88 Å². The van der Waals surface area contributed by atoms with Crippen LogP contribution in [0.3, 0.4) is 0 Å². The number of H-pyrrole nitrogens is 1. The van der Waals surface area contributed by atoms with Crippen molar-refractivity contribution < 1.29 is 4.42 Å². The van der Waals surface area contributed by atoms with Gasteiger partial charge in [0.05, 0.1) is 0 Å². The molecule has 18 heavy (non-hydrogen) atoms. The summed E-state index contributed by atoms with van der Waals surface area (Å²) < 4.78 is 5.04. The van der Waals surface area contributed by atoms with Crippen molar-refractivity contribution in [3.05, 3.63) is 28.4 Å². The van der Waals surface area contributed by atoms with Gasteiger partial charge >= 0.3 is 5.76 Å². The Morgan fingerprint density at radius 3 is 3.17 bits per heavy atom. The highest BCUT2D eigenvalue weighted by Crippen LogP contribution is 2.29. The second-order valence-corrected chi connectivity index (χ2v) is 4.92. The minimum atomic E-state index is -0.464. The van der Waals surface area contributed by atoms with Crippen molar-refractivity contribution in [2.24, 2.45) is 5.73 Å². The summed E-state index contributed by atoms with van der Waals surface area (Å²) in [5, 5.41) is 0. The minimum absolute atomic E-state index is 0.244. The van der Waals surface area contributed by atoms with Crippen LogP contribution in [0.15, 0.2) is 21.5 Å². The number of pyridine rings is 1. The van der Waals surface area contributed by atoms with Crippen molar-refractivity contribution in [1.29, 1.82) is 0 Å². The fourth-order valence-corrected chi connectivity index (χ4v) is 2.64. The number of rotatable bonds is 1. The first-order valence-corrected chi connectivity index (χ1v) is 6.08. The van der Waals surface area contributed by atoms with Crippen LogP contribution in [0.5, 0.6) is 0 Å². The average molecular weight is 248 g/mol. The van der Waals surface area contributed by atoms with E-state index in [0.717, 1.165) is 24.9 Å². The molecule has 0 radical (unpaired) electrons. The Bertz CT molecular complexity index is 618. The molecule has 3 rings (SSSR count). The van der Waals surface area contributed by atoms with E-state index in [1.165, 1.54) is 0 Å². The van der Waals surface area contributed by atoms with Crippen molar-refractivity contribution in [2.75, 3.05) is 13.6 Å². The maximum Gasteiger partial charge on any atom is 0.418 e. The van der Waals surface area contributed by atoms with Gasteiger partial charge in [-0.2, -0.15) is 0 Å². The molecule has 2 aromatic heterocycles. The molecule has 0 aromatic carbocycles. The minimum Gasteiger partial charge on any atom is -0.406 e. The van der Waals surface area contributed by atoms with Gasteiger partial charge in [-0.1, -0.05) is 0 Å². The lowest BCUT2D eigenvalue weighted by molar-refractivity contribution is 0.169. The number of likely N-dealkylation sites (tertiary alicyclic amines) is 1. The molecule has 6 heteroatoms. The van der Waals surface area contributed by atoms with Gasteiger partial charge in [-0.05, 0) is 31.5 Å². The molecular formula is C12H16N4O2. The van der Waals surface area contributed by atoms with Gasteiger partial charge in [0.15, 0.2) is 11.2 Å². The Labute approximate surface area is 104 Å². The van der Waals surface area contributed by atoms with E-state index in [4.69, 9.17) is 10.2 Å². The molecule has 1 aliphatic rings. The normalized spacial score (nSPS) is 25.7. The highest BCUT2D eigenvalue weighted by atomic mass is 16.4. The fourth-order valence-electron chi connectivity index (χ4n) is 2.64. The largest absolute Gasteiger partial charge is 0.418 e. The third kappa shape index (κ3) is 1.93. The van der Waals surface area contributed by atoms with Crippen molar-refractivity contribution >= 4 is 11.2 Å². The molecule has 0 saturated carbocycles. The SMILES string of the molecule is CN1CC(N)CCC1c1cnc2[nH]c(=O)oc2c1. The number of piperidine rings is 1. The standard InChI is InChI=1S/C12H16N4O2/c1-16-6-8(13)2-3-9(16)7-4-10-11(14-5-7)15-12(17)18-10/h4-5,8-9H,2-3,6,13H2,1H3,(H,14,15,17). The Kier molecular flexibility index (Phi) is 2.68. The molecule has 1 saturated heterocycles. The van der Waals surface area contributed by atoms with Gasteiger partial charge in [0.1, 0.15) is 0 Å². The molecule has 0 amide bonds. The summed E-state index contributed by atoms with van der Waals surface area (Å²) in [6, 6.07) is 2.42. The van der Waals surface area contributed by atoms with E-state index in [9.17, 15) is 4.79 Å². The molecule has 1 fully saturated rings. The Morgan fingerprint density at radius 2 is 2.39 bits per heavy atom.